The summed E-state index contributed by atoms with van der Waals surface area (Å²) in [5.41, 5.74) is -1.77. The van der Waals surface area contributed by atoms with Gasteiger partial charge in [0.15, 0.2) is 0 Å². The zero-order valence-corrected chi connectivity index (χ0v) is 25.0. The van der Waals surface area contributed by atoms with Crippen molar-refractivity contribution < 1.29 is 32.3 Å². The zero-order valence-electron chi connectivity index (χ0n) is 25.0. The first-order chi connectivity index (χ1) is 20.8. The van der Waals surface area contributed by atoms with E-state index in [-0.39, 0.29) is 24.7 Å². The second-order valence-corrected chi connectivity index (χ2v) is 12.4. The van der Waals surface area contributed by atoms with Gasteiger partial charge in [0.1, 0.15) is 17.3 Å². The van der Waals surface area contributed by atoms with Crippen molar-refractivity contribution in [1.82, 2.24) is 30.6 Å². The number of benzene rings is 1. The van der Waals surface area contributed by atoms with E-state index in [1.165, 1.54) is 17.9 Å². The molecule has 1 aromatic heterocycles. The van der Waals surface area contributed by atoms with E-state index in [1.54, 1.807) is 31.3 Å². The average molecular weight is 618 g/mol. The zero-order chi connectivity index (χ0) is 31.9. The van der Waals surface area contributed by atoms with Crippen molar-refractivity contribution in [2.45, 2.75) is 69.6 Å². The van der Waals surface area contributed by atoms with Gasteiger partial charge in [0.05, 0.1) is 5.41 Å². The lowest BCUT2D eigenvalue weighted by molar-refractivity contribution is -0.226. The van der Waals surface area contributed by atoms with Crippen molar-refractivity contribution in [2.75, 3.05) is 25.5 Å². The maximum Gasteiger partial charge on any atom is 0.397 e. The molecule has 14 heteroatoms. The number of rotatable bonds is 7. The molecule has 238 valence electrons. The first kappa shape index (κ1) is 31.3. The topological polar surface area (TPSA) is 137 Å². The van der Waals surface area contributed by atoms with Crippen molar-refractivity contribution in [3.05, 3.63) is 47.3 Å². The Kier molecular flexibility index (Phi) is 8.38. The molecule has 11 nitrogen and oxygen atoms in total. The fourth-order valence-corrected chi connectivity index (χ4v) is 6.72. The molecule has 5 rings (SSSR count). The molecule has 44 heavy (non-hydrogen) atoms. The predicted octanol–water partition coefficient (Wildman–Crippen LogP) is 2.91. The molecule has 0 radical (unpaired) electrons. The molecule has 0 bridgehead atoms. The Morgan fingerprint density at radius 1 is 1.09 bits per heavy atom. The van der Waals surface area contributed by atoms with Crippen LogP contribution >= 0.6 is 0 Å². The van der Waals surface area contributed by atoms with Gasteiger partial charge < -0.3 is 26.2 Å². The predicted molar refractivity (Wildman–Crippen MR) is 155 cm³/mol. The first-order valence-corrected chi connectivity index (χ1v) is 14.8. The van der Waals surface area contributed by atoms with Crippen LogP contribution in [0.5, 0.6) is 0 Å². The van der Waals surface area contributed by atoms with Crippen LogP contribution in [0.1, 0.15) is 60.6 Å². The number of likely N-dealkylation sites (N-methyl/N-ethyl adjacent to an activating group) is 1. The van der Waals surface area contributed by atoms with Gasteiger partial charge in [0.25, 0.3) is 5.91 Å². The summed E-state index contributed by atoms with van der Waals surface area (Å²) in [5, 5.41) is 14.7. The minimum atomic E-state index is -4.60. The van der Waals surface area contributed by atoms with E-state index >= 15 is 0 Å². The van der Waals surface area contributed by atoms with Crippen LogP contribution in [0, 0.1) is 11.3 Å². The molecule has 2 fully saturated rings. The molecule has 1 saturated carbocycles. The number of anilines is 1. The van der Waals surface area contributed by atoms with Crippen LogP contribution in [0.2, 0.25) is 0 Å². The summed E-state index contributed by atoms with van der Waals surface area (Å²) >= 11 is 0. The Morgan fingerprint density at radius 3 is 2.43 bits per heavy atom. The van der Waals surface area contributed by atoms with Crippen molar-refractivity contribution in [1.29, 1.82) is 0 Å². The average Bonchev–Trinajstić information content (AvgIpc) is 3.60. The largest absolute Gasteiger partial charge is 0.397 e. The number of hydrogen-bond donors (Lipinski definition) is 4. The Labute approximate surface area is 253 Å². The Morgan fingerprint density at radius 2 is 1.80 bits per heavy atom. The number of carbonyl (C=O) groups excluding carboxylic acids is 4. The molecule has 5 amide bonds. The van der Waals surface area contributed by atoms with E-state index in [0.29, 0.717) is 22.5 Å². The van der Waals surface area contributed by atoms with E-state index in [4.69, 9.17) is 0 Å². The van der Waals surface area contributed by atoms with Crippen molar-refractivity contribution in [3.8, 4) is 0 Å². The monoisotopic (exact) mass is 617 g/mol. The summed E-state index contributed by atoms with van der Waals surface area (Å²) in [6.07, 6.45) is 1.43. The standard InChI is InChI=1S/C30H38F3N7O4/c1-28(30(31,32)33)16-35-27(44)40(17-28)29(26(43)34-2)14-19-9-10-21(13-20(19)15-29)37-25(42)23(18-7-5-4-6-8-18)38-24(41)22-11-12-36-39(22)3/h9-13,18,23H,4-8,14-17H2,1-3H3,(H,34,43)(H,35,44)(H,37,42)(H,38,41). The van der Waals surface area contributed by atoms with Gasteiger partial charge in [-0.1, -0.05) is 25.3 Å². The molecule has 3 atom stereocenters. The van der Waals surface area contributed by atoms with Crippen LogP contribution in [0.15, 0.2) is 30.5 Å². The van der Waals surface area contributed by atoms with Gasteiger partial charge in [-0.25, -0.2) is 4.79 Å². The number of halogens is 3. The highest BCUT2D eigenvalue weighted by molar-refractivity contribution is 6.01. The summed E-state index contributed by atoms with van der Waals surface area (Å²) in [4.78, 5) is 54.0. The number of carbonyl (C=O) groups is 4. The molecule has 0 spiro atoms. The summed E-state index contributed by atoms with van der Waals surface area (Å²) < 4.78 is 43.4. The molecule has 1 saturated heterocycles. The van der Waals surface area contributed by atoms with Gasteiger partial charge in [-0.05, 0) is 55.0 Å². The molecule has 2 aromatic rings. The van der Waals surface area contributed by atoms with Crippen molar-refractivity contribution in [3.63, 3.8) is 0 Å². The number of amides is 5. The van der Waals surface area contributed by atoms with Gasteiger partial charge in [0, 0.05) is 51.9 Å². The SMILES string of the molecule is CNC(=O)C1(N2CC(C)(C(F)(F)F)CNC2=O)Cc2ccc(NC(=O)C(NC(=O)c3ccnn3C)C3CCCCC3)cc2C1. The van der Waals surface area contributed by atoms with Crippen LogP contribution in [0.25, 0.3) is 0 Å². The second kappa shape index (κ2) is 11.8. The fraction of sp³-hybridized carbons (Fsp3) is 0.567. The lowest BCUT2D eigenvalue weighted by Gasteiger charge is -2.48. The highest BCUT2D eigenvalue weighted by Gasteiger charge is 2.60. The third-order valence-corrected chi connectivity index (χ3v) is 9.42. The maximum absolute atomic E-state index is 14.0. The van der Waals surface area contributed by atoms with Gasteiger partial charge in [-0.2, -0.15) is 18.3 Å². The van der Waals surface area contributed by atoms with Gasteiger partial charge >= 0.3 is 12.2 Å². The number of nitrogens with zero attached hydrogens (tertiary/aromatic N) is 3. The molecule has 2 heterocycles. The van der Waals surface area contributed by atoms with Crippen LogP contribution in [0.3, 0.4) is 0 Å². The molecule has 1 aliphatic heterocycles. The third kappa shape index (κ3) is 5.73. The highest BCUT2D eigenvalue weighted by Crippen LogP contribution is 2.44. The van der Waals surface area contributed by atoms with Crippen molar-refractivity contribution >= 4 is 29.4 Å². The lowest BCUT2D eigenvalue weighted by atomic mass is 9.83. The minimum absolute atomic E-state index is 0.0169. The third-order valence-electron chi connectivity index (χ3n) is 9.42. The molecule has 3 aliphatic rings. The van der Waals surface area contributed by atoms with E-state index < -0.39 is 54.1 Å². The number of nitrogens with one attached hydrogen (secondary N) is 4. The number of alkyl halides is 3. The fourth-order valence-electron chi connectivity index (χ4n) is 6.72. The smallest absolute Gasteiger partial charge is 0.357 e. The summed E-state index contributed by atoms with van der Waals surface area (Å²) in [6.45, 7) is -0.229. The Hall–Kier alpha value is -4.10. The number of aromatic nitrogens is 2. The second-order valence-electron chi connectivity index (χ2n) is 12.4. The van der Waals surface area contributed by atoms with Crippen molar-refractivity contribution in [2.24, 2.45) is 18.4 Å². The number of urea groups is 1. The lowest BCUT2D eigenvalue weighted by Crippen LogP contribution is -2.70. The molecule has 2 aliphatic carbocycles. The van der Waals surface area contributed by atoms with Crippen LogP contribution in [0.4, 0.5) is 23.7 Å². The van der Waals surface area contributed by atoms with E-state index in [9.17, 15) is 32.3 Å². The van der Waals surface area contributed by atoms with Crippen LogP contribution in [-0.2, 0) is 29.5 Å². The Balaban J connectivity index is 1.38. The number of fused-ring (bicyclic) bond motifs is 1. The molecular formula is C30H38F3N7O4. The van der Waals surface area contributed by atoms with Gasteiger partial charge in [-0.3, -0.25) is 19.1 Å². The summed E-state index contributed by atoms with van der Waals surface area (Å²) in [6, 6.07) is 5.09. The molecular weight excluding hydrogens is 579 g/mol. The highest BCUT2D eigenvalue weighted by atomic mass is 19.4. The molecule has 4 N–H and O–H groups in total. The van der Waals surface area contributed by atoms with Crippen LogP contribution < -0.4 is 21.3 Å². The van der Waals surface area contributed by atoms with Gasteiger partial charge in [0.2, 0.25) is 11.8 Å². The van der Waals surface area contributed by atoms with Gasteiger partial charge in [-0.15, -0.1) is 0 Å². The number of hydrogen-bond acceptors (Lipinski definition) is 5. The maximum atomic E-state index is 14.0. The summed E-state index contributed by atoms with van der Waals surface area (Å²) in [5.74, 6) is -1.43. The minimum Gasteiger partial charge on any atom is -0.357 e. The summed E-state index contributed by atoms with van der Waals surface area (Å²) in [7, 11) is 3.03. The normalized spacial score (nSPS) is 24.7. The Bertz CT molecular complexity index is 1450. The first-order valence-electron chi connectivity index (χ1n) is 14.8. The van der Waals surface area contributed by atoms with E-state index in [2.05, 4.69) is 26.4 Å². The van der Waals surface area contributed by atoms with E-state index in [1.807, 2.05) is 0 Å². The van der Waals surface area contributed by atoms with E-state index in [0.717, 1.165) is 43.9 Å². The van der Waals surface area contributed by atoms with Crippen LogP contribution in [-0.4, -0.2) is 76.3 Å². The molecule has 3 unspecified atom stereocenters. The quantitative estimate of drug-likeness (QED) is 0.379. The molecule has 1 aromatic carbocycles. The number of aryl methyl sites for hydroxylation is 1.